The number of aryl methyl sites for hydroxylation is 2. The van der Waals surface area contributed by atoms with Crippen LogP contribution in [0.5, 0.6) is 0 Å². The first kappa shape index (κ1) is 14.7. The van der Waals surface area contributed by atoms with E-state index in [1.54, 1.807) is 4.90 Å². The maximum Gasteiger partial charge on any atom is 0.255 e. The summed E-state index contributed by atoms with van der Waals surface area (Å²) in [6.07, 6.45) is 0.848. The molecule has 24 heavy (non-hydrogen) atoms. The molecule has 0 fully saturated rings. The van der Waals surface area contributed by atoms with Crippen LogP contribution in [-0.2, 0) is 13.1 Å². The van der Waals surface area contributed by atoms with E-state index in [-0.39, 0.29) is 11.5 Å². The van der Waals surface area contributed by atoms with Crippen LogP contribution in [0.25, 0.3) is 10.9 Å². The second-order valence-electron chi connectivity index (χ2n) is 6.17. The SMILES string of the molecule is Cc1cc2n(n1)CCCN(C(=O)c1cc(=O)[nH]c3ccccc13)C2. The molecular weight excluding hydrogens is 304 g/mol. The van der Waals surface area contributed by atoms with Gasteiger partial charge in [-0.05, 0) is 25.5 Å². The van der Waals surface area contributed by atoms with E-state index in [2.05, 4.69) is 10.1 Å². The number of rotatable bonds is 1. The largest absolute Gasteiger partial charge is 0.333 e. The van der Waals surface area contributed by atoms with Crippen molar-refractivity contribution in [2.45, 2.75) is 26.4 Å². The van der Waals surface area contributed by atoms with Crippen LogP contribution in [0.3, 0.4) is 0 Å². The monoisotopic (exact) mass is 322 g/mol. The number of carbonyl (C=O) groups excluding carboxylic acids is 1. The number of fused-ring (bicyclic) bond motifs is 2. The summed E-state index contributed by atoms with van der Waals surface area (Å²) in [6.45, 7) is 3.93. The van der Waals surface area contributed by atoms with Gasteiger partial charge in [-0.2, -0.15) is 5.10 Å². The average molecular weight is 322 g/mol. The number of nitrogens with zero attached hydrogens (tertiary/aromatic N) is 3. The zero-order valence-electron chi connectivity index (χ0n) is 13.5. The summed E-state index contributed by atoms with van der Waals surface area (Å²) in [4.78, 5) is 29.6. The van der Waals surface area contributed by atoms with Gasteiger partial charge in [0.1, 0.15) is 0 Å². The number of nitrogens with one attached hydrogen (secondary N) is 1. The Balaban J connectivity index is 1.75. The highest BCUT2D eigenvalue weighted by molar-refractivity contribution is 6.05. The molecule has 1 aromatic carbocycles. The van der Waals surface area contributed by atoms with E-state index in [4.69, 9.17) is 0 Å². The number of hydrogen-bond donors (Lipinski definition) is 1. The van der Waals surface area contributed by atoms with Crippen molar-refractivity contribution in [3.8, 4) is 0 Å². The molecule has 0 unspecified atom stereocenters. The smallest absolute Gasteiger partial charge is 0.255 e. The number of benzene rings is 1. The Hall–Kier alpha value is -2.89. The first-order valence-electron chi connectivity index (χ1n) is 8.06. The van der Waals surface area contributed by atoms with Crippen molar-refractivity contribution in [3.05, 3.63) is 63.7 Å². The van der Waals surface area contributed by atoms with Crippen molar-refractivity contribution in [3.63, 3.8) is 0 Å². The van der Waals surface area contributed by atoms with Gasteiger partial charge < -0.3 is 9.88 Å². The normalized spacial score (nSPS) is 14.5. The topological polar surface area (TPSA) is 71.0 Å². The lowest BCUT2D eigenvalue weighted by atomic mass is 10.1. The number of aromatic amines is 1. The molecule has 0 atom stereocenters. The van der Waals surface area contributed by atoms with Crippen molar-refractivity contribution in [1.29, 1.82) is 0 Å². The van der Waals surface area contributed by atoms with Crippen molar-refractivity contribution in [2.75, 3.05) is 6.54 Å². The molecule has 1 amide bonds. The second kappa shape index (κ2) is 5.63. The Morgan fingerprint density at radius 3 is 2.92 bits per heavy atom. The van der Waals surface area contributed by atoms with E-state index in [0.717, 1.165) is 29.7 Å². The van der Waals surface area contributed by atoms with Crippen LogP contribution >= 0.6 is 0 Å². The van der Waals surface area contributed by atoms with Gasteiger partial charge in [0.05, 0.1) is 23.5 Å². The molecule has 0 aliphatic carbocycles. The highest BCUT2D eigenvalue weighted by Crippen LogP contribution is 2.20. The highest BCUT2D eigenvalue weighted by atomic mass is 16.2. The van der Waals surface area contributed by atoms with E-state index in [9.17, 15) is 9.59 Å². The number of H-pyrrole nitrogens is 1. The summed E-state index contributed by atoms with van der Waals surface area (Å²) in [5, 5.41) is 5.24. The summed E-state index contributed by atoms with van der Waals surface area (Å²) >= 11 is 0. The van der Waals surface area contributed by atoms with Crippen molar-refractivity contribution in [2.24, 2.45) is 0 Å². The van der Waals surface area contributed by atoms with Gasteiger partial charge in [0.2, 0.25) is 5.56 Å². The minimum atomic E-state index is -0.257. The van der Waals surface area contributed by atoms with E-state index < -0.39 is 0 Å². The summed E-state index contributed by atoms with van der Waals surface area (Å²) in [6, 6.07) is 10.8. The van der Waals surface area contributed by atoms with E-state index in [0.29, 0.717) is 24.2 Å². The maximum atomic E-state index is 13.1. The lowest BCUT2D eigenvalue weighted by molar-refractivity contribution is 0.0747. The number of pyridine rings is 1. The summed E-state index contributed by atoms with van der Waals surface area (Å²) < 4.78 is 1.97. The minimum absolute atomic E-state index is 0.107. The average Bonchev–Trinajstić information content (AvgIpc) is 2.80. The number of para-hydroxylation sites is 1. The molecule has 122 valence electrons. The van der Waals surface area contributed by atoms with Crippen LogP contribution < -0.4 is 5.56 Å². The fourth-order valence-electron chi connectivity index (χ4n) is 3.33. The third-order valence-electron chi connectivity index (χ3n) is 4.40. The number of aromatic nitrogens is 3. The molecule has 3 heterocycles. The molecule has 4 rings (SSSR count). The zero-order valence-corrected chi connectivity index (χ0v) is 13.5. The van der Waals surface area contributed by atoms with Crippen LogP contribution in [0.15, 0.2) is 41.2 Å². The summed E-state index contributed by atoms with van der Waals surface area (Å²) in [5.74, 6) is -0.107. The summed E-state index contributed by atoms with van der Waals surface area (Å²) in [7, 11) is 0. The number of amides is 1. The lowest BCUT2D eigenvalue weighted by Crippen LogP contribution is -2.31. The maximum absolute atomic E-state index is 13.1. The Kier molecular flexibility index (Phi) is 3.45. The van der Waals surface area contributed by atoms with Crippen LogP contribution in [0, 0.1) is 6.92 Å². The molecular formula is C18H18N4O2. The number of carbonyl (C=O) groups is 1. The van der Waals surface area contributed by atoms with Gasteiger partial charge in [-0.1, -0.05) is 18.2 Å². The van der Waals surface area contributed by atoms with Crippen molar-refractivity contribution < 1.29 is 4.79 Å². The van der Waals surface area contributed by atoms with E-state index in [1.807, 2.05) is 41.9 Å². The molecule has 0 spiro atoms. The fraction of sp³-hybridized carbons (Fsp3) is 0.278. The van der Waals surface area contributed by atoms with Crippen LogP contribution in [0.2, 0.25) is 0 Å². The quantitative estimate of drug-likeness (QED) is 0.745. The molecule has 0 radical (unpaired) electrons. The fourth-order valence-corrected chi connectivity index (χ4v) is 3.33. The molecule has 2 aromatic heterocycles. The van der Waals surface area contributed by atoms with Crippen molar-refractivity contribution in [1.82, 2.24) is 19.7 Å². The first-order valence-corrected chi connectivity index (χ1v) is 8.06. The molecule has 0 saturated carbocycles. The third-order valence-corrected chi connectivity index (χ3v) is 4.40. The Morgan fingerprint density at radius 2 is 2.04 bits per heavy atom. The predicted molar refractivity (Wildman–Crippen MR) is 90.9 cm³/mol. The van der Waals surface area contributed by atoms with Crippen molar-refractivity contribution >= 4 is 16.8 Å². The van der Waals surface area contributed by atoms with Crippen LogP contribution in [0.1, 0.15) is 28.2 Å². The molecule has 6 heteroatoms. The lowest BCUT2D eigenvalue weighted by Gasteiger charge is -2.20. The zero-order chi connectivity index (χ0) is 16.7. The van der Waals surface area contributed by atoms with Gasteiger partial charge in [-0.3, -0.25) is 14.3 Å². The standard InChI is InChI=1S/C18H18N4O2/c1-12-9-13-11-21(7-4-8-22(13)20-12)18(24)15-10-17(23)19-16-6-3-2-5-14(15)16/h2-3,5-6,9-10H,4,7-8,11H2,1H3,(H,19,23). The van der Waals surface area contributed by atoms with E-state index in [1.165, 1.54) is 6.07 Å². The molecule has 6 nitrogen and oxygen atoms in total. The van der Waals surface area contributed by atoms with Crippen LogP contribution in [-0.4, -0.2) is 32.1 Å². The molecule has 3 aromatic rings. The highest BCUT2D eigenvalue weighted by Gasteiger charge is 2.23. The van der Waals surface area contributed by atoms with Gasteiger partial charge >= 0.3 is 0 Å². The molecule has 0 saturated heterocycles. The molecule has 1 aliphatic heterocycles. The van der Waals surface area contributed by atoms with Crippen LogP contribution in [0.4, 0.5) is 0 Å². The molecule has 1 N–H and O–H groups in total. The third kappa shape index (κ3) is 2.50. The first-order chi connectivity index (χ1) is 11.6. The van der Waals surface area contributed by atoms with Gasteiger partial charge in [0.15, 0.2) is 0 Å². The van der Waals surface area contributed by atoms with Gasteiger partial charge in [0.25, 0.3) is 5.91 Å². The minimum Gasteiger partial charge on any atom is -0.333 e. The summed E-state index contributed by atoms with van der Waals surface area (Å²) in [5.41, 5.74) is 2.88. The van der Waals surface area contributed by atoms with Gasteiger partial charge in [0, 0.05) is 30.1 Å². The molecule has 0 bridgehead atoms. The molecule has 1 aliphatic rings. The second-order valence-corrected chi connectivity index (χ2v) is 6.17. The Morgan fingerprint density at radius 1 is 1.21 bits per heavy atom. The van der Waals surface area contributed by atoms with E-state index >= 15 is 0 Å². The Labute approximate surface area is 138 Å². The van der Waals surface area contributed by atoms with Gasteiger partial charge in [-0.15, -0.1) is 0 Å². The Bertz CT molecular complexity index is 986. The number of hydrogen-bond acceptors (Lipinski definition) is 3. The van der Waals surface area contributed by atoms with Gasteiger partial charge in [-0.25, -0.2) is 0 Å². The predicted octanol–water partition coefficient (Wildman–Crippen LogP) is 2.08.